The van der Waals surface area contributed by atoms with Crippen LogP contribution in [0.25, 0.3) is 85.9 Å². The molecule has 0 saturated heterocycles. The van der Waals surface area contributed by atoms with Crippen LogP contribution < -0.4 is 0 Å². The minimum atomic E-state index is -1.02. The molecule has 1 aromatic heterocycles. The van der Waals surface area contributed by atoms with E-state index >= 15 is 0 Å². The molecule has 1 heteroatoms. The first-order chi connectivity index (χ1) is 31.7. The van der Waals surface area contributed by atoms with Crippen LogP contribution in [0.1, 0.15) is 34.3 Å². The highest BCUT2D eigenvalue weighted by Gasteiger charge is 2.17. The Morgan fingerprint density at radius 1 is 0.349 bits per heavy atom. The Kier molecular flexibility index (Phi) is 2.29. The molecule has 0 fully saturated rings. The van der Waals surface area contributed by atoms with Gasteiger partial charge in [0.2, 0.25) is 0 Å². The number of benzene rings is 8. The van der Waals surface area contributed by atoms with Gasteiger partial charge in [-0.1, -0.05) is 133 Å². The van der Waals surface area contributed by atoms with Gasteiger partial charge >= 0.3 is 0 Å². The van der Waals surface area contributed by atoms with Crippen molar-refractivity contribution in [3.05, 3.63) is 157 Å². The van der Waals surface area contributed by atoms with Crippen molar-refractivity contribution < 1.29 is 34.3 Å². The lowest BCUT2D eigenvalue weighted by Gasteiger charge is -2.18. The number of hydrogen-bond donors (Lipinski definition) is 0. The topological polar surface area (TPSA) is 0 Å². The maximum absolute atomic E-state index is 9.73. The van der Waals surface area contributed by atoms with E-state index in [4.69, 9.17) is 21.9 Å². The highest BCUT2D eigenvalue weighted by atomic mass is 32.1. The van der Waals surface area contributed by atoms with Crippen molar-refractivity contribution >= 4 is 63.8 Å². The summed E-state index contributed by atoms with van der Waals surface area (Å²) in [6.45, 7) is 0. The zero-order valence-corrected chi connectivity index (χ0v) is 22.3. The standard InChI is InChI=1S/C42H26S/c1-2-11-28-24-30(21-20-27(28)10-1)29-12-9-13-31(25-29)41-35-15-3-5-17-37(35)42(38-18-6-4-16-36(38)41)32-22-23-34-33-14-7-8-19-39(33)43-40(34)26-32/h1-26H/i1D,2D,3D,4D,5D,6D,7D,8D,9D,10D,11D,12D,13D,14D,15D,16D,17D,18D,19D,20D,21D,22D,23D,24D,25D. The minimum absolute atomic E-state index is 0.0201. The SMILES string of the molecule is [2H]c1c([2H])c(-c2c([2H])c([2H])c3c([2H])c([2H])c([2H])c([2H])c3c2[2H])c([2H])c(-c2c3c([2H])c([2H])c([2H])c([2H])c3c(-c3cc4sc5c([2H])c([2H])c([2H])c([2H])c5c4c([2H])c3[2H])c3c([2H])c([2H])c([2H])c([2H])c23)c1[2H]. The van der Waals surface area contributed by atoms with Crippen molar-refractivity contribution in [1.29, 1.82) is 0 Å². The van der Waals surface area contributed by atoms with E-state index in [9.17, 15) is 12.3 Å². The molecule has 0 atom stereocenters. The lowest BCUT2D eigenvalue weighted by atomic mass is 9.85. The summed E-state index contributed by atoms with van der Waals surface area (Å²) < 4.78 is 223. The van der Waals surface area contributed by atoms with Gasteiger partial charge in [-0.25, -0.2) is 0 Å². The highest BCUT2D eigenvalue weighted by Crippen LogP contribution is 2.45. The van der Waals surface area contributed by atoms with E-state index in [0.717, 1.165) is 11.3 Å². The van der Waals surface area contributed by atoms with E-state index in [1.807, 2.05) is 0 Å². The summed E-state index contributed by atoms with van der Waals surface area (Å²) >= 11 is 0.817. The average Bonchev–Trinajstić information content (AvgIpc) is 3.70. The van der Waals surface area contributed by atoms with Crippen molar-refractivity contribution in [2.45, 2.75) is 0 Å². The Bertz CT molecular complexity index is 3830. The second-order valence-electron chi connectivity index (χ2n) is 9.35. The molecular weight excluding hydrogens is 537 g/mol. The second kappa shape index (κ2) is 9.66. The Labute approximate surface area is 289 Å². The second-order valence-corrected chi connectivity index (χ2v) is 10.4. The number of hydrogen-bond acceptors (Lipinski definition) is 1. The normalized spacial score (nSPS) is 19.9. The minimum Gasteiger partial charge on any atom is -0.135 e. The maximum atomic E-state index is 9.73. The summed E-state index contributed by atoms with van der Waals surface area (Å²) in [5.41, 5.74) is -3.81. The van der Waals surface area contributed by atoms with Gasteiger partial charge in [0, 0.05) is 20.2 Å². The highest BCUT2D eigenvalue weighted by molar-refractivity contribution is 7.25. The predicted molar refractivity (Wildman–Crippen MR) is 188 cm³/mol. The molecule has 0 unspecified atom stereocenters. The summed E-state index contributed by atoms with van der Waals surface area (Å²) in [5, 5.41) is -3.60. The molecule has 0 aliphatic heterocycles. The lowest BCUT2D eigenvalue weighted by Crippen LogP contribution is -1.91. The molecule has 0 saturated carbocycles. The first kappa shape index (κ1) is 10.2. The fraction of sp³-hybridized carbons (Fsp3) is 0. The smallest absolute Gasteiger partial charge is 0.0638 e. The Balaban J connectivity index is 1.55. The zero-order chi connectivity index (χ0) is 50.1. The average molecular weight is 588 g/mol. The molecule has 0 bridgehead atoms. The number of thiophene rings is 1. The predicted octanol–water partition coefficient (Wildman–Crippen LogP) is 12.5. The van der Waals surface area contributed by atoms with Gasteiger partial charge in [-0.15, -0.1) is 11.3 Å². The van der Waals surface area contributed by atoms with Gasteiger partial charge in [-0.2, -0.15) is 0 Å². The number of fused-ring (bicyclic) bond motifs is 6. The van der Waals surface area contributed by atoms with Crippen LogP contribution in [0.5, 0.6) is 0 Å². The van der Waals surface area contributed by atoms with Gasteiger partial charge in [0.1, 0.15) is 0 Å². The fourth-order valence-electron chi connectivity index (χ4n) is 5.14. The molecule has 0 nitrogen and oxygen atoms in total. The van der Waals surface area contributed by atoms with E-state index in [1.165, 1.54) is 6.07 Å². The molecule has 0 spiro atoms. The quantitative estimate of drug-likeness (QED) is 0.180. The van der Waals surface area contributed by atoms with Crippen molar-refractivity contribution in [3.8, 4) is 33.4 Å². The summed E-state index contributed by atoms with van der Waals surface area (Å²) in [6, 6.07) is -19.1. The van der Waals surface area contributed by atoms with Gasteiger partial charge in [-0.3, -0.25) is 0 Å². The molecule has 8 aromatic carbocycles. The molecule has 9 rings (SSSR count). The summed E-state index contributed by atoms with van der Waals surface area (Å²) in [7, 11) is 0. The molecule has 200 valence electrons. The third-order valence-electron chi connectivity index (χ3n) is 6.98. The van der Waals surface area contributed by atoms with Gasteiger partial charge in [0.15, 0.2) is 0 Å². The zero-order valence-electron chi connectivity index (χ0n) is 46.5. The van der Waals surface area contributed by atoms with Crippen LogP contribution in [0.3, 0.4) is 0 Å². The van der Waals surface area contributed by atoms with Crippen LogP contribution in [0.2, 0.25) is 0 Å². The van der Waals surface area contributed by atoms with Crippen molar-refractivity contribution in [1.82, 2.24) is 0 Å². The summed E-state index contributed by atoms with van der Waals surface area (Å²) in [5.74, 6) is 0. The van der Waals surface area contributed by atoms with Gasteiger partial charge in [0.05, 0.1) is 34.3 Å². The maximum Gasteiger partial charge on any atom is 0.0638 e. The van der Waals surface area contributed by atoms with Crippen molar-refractivity contribution in [3.63, 3.8) is 0 Å². The molecule has 0 radical (unpaired) electrons. The third kappa shape index (κ3) is 3.90. The van der Waals surface area contributed by atoms with Crippen LogP contribution in [-0.4, -0.2) is 0 Å². The first-order valence-corrected chi connectivity index (χ1v) is 13.6. The molecule has 43 heavy (non-hydrogen) atoms. The largest absolute Gasteiger partial charge is 0.135 e. The van der Waals surface area contributed by atoms with Gasteiger partial charge < -0.3 is 0 Å². The van der Waals surface area contributed by atoms with E-state index in [-0.39, 0.29) is 25.7 Å². The van der Waals surface area contributed by atoms with Crippen LogP contribution in [0, 0.1) is 0 Å². The molecule has 0 aliphatic rings. The molecule has 1 heterocycles. The summed E-state index contributed by atoms with van der Waals surface area (Å²) in [4.78, 5) is 0. The molecule has 0 N–H and O–H groups in total. The van der Waals surface area contributed by atoms with Crippen LogP contribution >= 0.6 is 11.3 Å². The van der Waals surface area contributed by atoms with Crippen LogP contribution in [-0.2, 0) is 0 Å². The van der Waals surface area contributed by atoms with E-state index in [1.54, 1.807) is 0 Å². The van der Waals surface area contributed by atoms with Crippen LogP contribution in [0.15, 0.2) is 157 Å². The van der Waals surface area contributed by atoms with Crippen molar-refractivity contribution in [2.75, 3.05) is 0 Å². The fourth-order valence-corrected chi connectivity index (χ4v) is 6.15. The monoisotopic (exact) mass is 587 g/mol. The van der Waals surface area contributed by atoms with Crippen molar-refractivity contribution in [2.24, 2.45) is 0 Å². The Morgan fingerprint density at radius 3 is 1.63 bits per heavy atom. The van der Waals surface area contributed by atoms with Gasteiger partial charge in [0.25, 0.3) is 0 Å². The lowest BCUT2D eigenvalue weighted by molar-refractivity contribution is 1.63. The number of rotatable bonds is 3. The Morgan fingerprint density at radius 2 is 0.884 bits per heavy atom. The van der Waals surface area contributed by atoms with E-state index in [2.05, 4.69) is 0 Å². The van der Waals surface area contributed by atoms with E-state index in [0.29, 0.717) is 0 Å². The van der Waals surface area contributed by atoms with E-state index < -0.39 is 211 Å². The van der Waals surface area contributed by atoms with Gasteiger partial charge in [-0.05, 0) is 89.9 Å². The molecular formula is C42H26S. The Hall–Kier alpha value is -5.24. The molecule has 0 amide bonds. The molecule has 0 aliphatic carbocycles. The third-order valence-corrected chi connectivity index (χ3v) is 8.03. The summed E-state index contributed by atoms with van der Waals surface area (Å²) in [6.07, 6.45) is 0. The first-order valence-electron chi connectivity index (χ1n) is 25.2. The molecule has 9 aromatic rings. The van der Waals surface area contributed by atoms with Crippen LogP contribution in [0.4, 0.5) is 0 Å².